The first-order valence-electron chi connectivity index (χ1n) is 6.79. The number of carbonyl (C=O) groups excluding carboxylic acids is 2. The summed E-state index contributed by atoms with van der Waals surface area (Å²) >= 11 is 5.76. The van der Waals surface area contributed by atoms with Gasteiger partial charge in [-0.2, -0.15) is 0 Å². The average molecular weight is 318 g/mol. The van der Waals surface area contributed by atoms with E-state index in [0.717, 1.165) is 11.1 Å². The van der Waals surface area contributed by atoms with Gasteiger partial charge in [0.15, 0.2) is 6.61 Å². The number of ether oxygens (including phenoxy) is 1. The van der Waals surface area contributed by atoms with E-state index >= 15 is 0 Å². The lowest BCUT2D eigenvalue weighted by Crippen LogP contribution is -2.21. The predicted molar refractivity (Wildman–Crippen MR) is 85.9 cm³/mol. The van der Waals surface area contributed by atoms with Crippen molar-refractivity contribution in [3.8, 4) is 0 Å². The van der Waals surface area contributed by atoms with E-state index in [9.17, 15) is 9.59 Å². The molecule has 2 aromatic carbocycles. The molecule has 0 saturated carbocycles. The van der Waals surface area contributed by atoms with Crippen LogP contribution in [0, 0.1) is 6.92 Å². The summed E-state index contributed by atoms with van der Waals surface area (Å²) in [7, 11) is 0. The van der Waals surface area contributed by atoms with Gasteiger partial charge in [0.25, 0.3) is 5.91 Å². The second kappa shape index (κ2) is 7.61. The van der Waals surface area contributed by atoms with E-state index in [1.54, 1.807) is 24.3 Å². The van der Waals surface area contributed by atoms with Gasteiger partial charge < -0.3 is 10.1 Å². The molecular weight excluding hydrogens is 302 g/mol. The van der Waals surface area contributed by atoms with Gasteiger partial charge in [-0.3, -0.25) is 9.59 Å². The molecule has 0 spiro atoms. The fourth-order valence-corrected chi connectivity index (χ4v) is 2.04. The van der Waals surface area contributed by atoms with Crippen molar-refractivity contribution in [1.82, 2.24) is 0 Å². The summed E-state index contributed by atoms with van der Waals surface area (Å²) in [5.41, 5.74) is 2.54. The van der Waals surface area contributed by atoms with Crippen LogP contribution in [0.3, 0.4) is 0 Å². The van der Waals surface area contributed by atoms with Crippen molar-refractivity contribution in [3.05, 3.63) is 64.7 Å². The van der Waals surface area contributed by atoms with Crippen LogP contribution in [0.5, 0.6) is 0 Å². The predicted octanol–water partition coefficient (Wildman–Crippen LogP) is 3.37. The highest BCUT2D eigenvalue weighted by molar-refractivity contribution is 6.30. The molecule has 0 fully saturated rings. The molecule has 0 bridgehead atoms. The van der Waals surface area contributed by atoms with Gasteiger partial charge >= 0.3 is 5.97 Å². The lowest BCUT2D eigenvalue weighted by Gasteiger charge is -2.07. The molecule has 114 valence electrons. The fourth-order valence-electron chi connectivity index (χ4n) is 1.92. The van der Waals surface area contributed by atoms with Gasteiger partial charge in [-0.1, -0.05) is 41.4 Å². The van der Waals surface area contributed by atoms with Crippen LogP contribution in [0.25, 0.3) is 0 Å². The van der Waals surface area contributed by atoms with E-state index in [2.05, 4.69) is 5.32 Å². The Hall–Kier alpha value is -2.33. The summed E-state index contributed by atoms with van der Waals surface area (Å²) in [6.07, 6.45) is 0.149. The number of hydrogen-bond donors (Lipinski definition) is 1. The summed E-state index contributed by atoms with van der Waals surface area (Å²) in [6.45, 7) is 1.64. The SMILES string of the molecule is Cc1cccc(CC(=O)OCC(=O)Nc2ccc(Cl)cc2)c1. The number of amides is 1. The van der Waals surface area contributed by atoms with Gasteiger partial charge in [0.05, 0.1) is 6.42 Å². The van der Waals surface area contributed by atoms with Crippen LogP contribution >= 0.6 is 11.6 Å². The van der Waals surface area contributed by atoms with Crippen molar-refractivity contribution in [2.45, 2.75) is 13.3 Å². The number of esters is 1. The summed E-state index contributed by atoms with van der Waals surface area (Å²) in [6, 6.07) is 14.3. The van der Waals surface area contributed by atoms with E-state index in [0.29, 0.717) is 10.7 Å². The first kappa shape index (κ1) is 16.0. The smallest absolute Gasteiger partial charge is 0.310 e. The van der Waals surface area contributed by atoms with Gasteiger partial charge in [-0.05, 0) is 36.8 Å². The molecule has 0 aliphatic heterocycles. The molecule has 2 aromatic rings. The van der Waals surface area contributed by atoms with Gasteiger partial charge in [0, 0.05) is 10.7 Å². The number of halogens is 1. The van der Waals surface area contributed by atoms with Crippen molar-refractivity contribution in [1.29, 1.82) is 0 Å². The average Bonchev–Trinajstić information content (AvgIpc) is 2.48. The number of hydrogen-bond acceptors (Lipinski definition) is 3. The zero-order valence-corrected chi connectivity index (χ0v) is 12.9. The Morgan fingerprint density at radius 1 is 1.14 bits per heavy atom. The molecule has 0 atom stereocenters. The van der Waals surface area contributed by atoms with Crippen LogP contribution < -0.4 is 5.32 Å². The van der Waals surface area contributed by atoms with E-state index < -0.39 is 5.97 Å². The standard InChI is InChI=1S/C17H16ClNO3/c1-12-3-2-4-13(9-12)10-17(21)22-11-16(20)19-15-7-5-14(18)6-8-15/h2-9H,10-11H2,1H3,(H,19,20). The van der Waals surface area contributed by atoms with Gasteiger partial charge in [-0.15, -0.1) is 0 Å². The van der Waals surface area contributed by atoms with E-state index in [4.69, 9.17) is 16.3 Å². The molecule has 1 N–H and O–H groups in total. The van der Waals surface area contributed by atoms with E-state index in [1.807, 2.05) is 31.2 Å². The molecule has 0 saturated heterocycles. The van der Waals surface area contributed by atoms with E-state index in [-0.39, 0.29) is 18.9 Å². The van der Waals surface area contributed by atoms with Crippen molar-refractivity contribution < 1.29 is 14.3 Å². The van der Waals surface area contributed by atoms with Crippen LogP contribution in [-0.4, -0.2) is 18.5 Å². The zero-order valence-electron chi connectivity index (χ0n) is 12.1. The van der Waals surface area contributed by atoms with Crippen LogP contribution in [0.1, 0.15) is 11.1 Å². The van der Waals surface area contributed by atoms with Crippen molar-refractivity contribution in [2.24, 2.45) is 0 Å². The topological polar surface area (TPSA) is 55.4 Å². The molecular formula is C17H16ClNO3. The lowest BCUT2D eigenvalue weighted by atomic mass is 10.1. The Morgan fingerprint density at radius 2 is 1.86 bits per heavy atom. The summed E-state index contributed by atoms with van der Waals surface area (Å²) < 4.78 is 4.97. The van der Waals surface area contributed by atoms with Gasteiger partial charge in [-0.25, -0.2) is 0 Å². The Bertz CT molecular complexity index is 668. The maximum Gasteiger partial charge on any atom is 0.310 e. The minimum atomic E-state index is -0.433. The van der Waals surface area contributed by atoms with Crippen molar-refractivity contribution in [3.63, 3.8) is 0 Å². The van der Waals surface area contributed by atoms with Crippen molar-refractivity contribution in [2.75, 3.05) is 11.9 Å². The minimum Gasteiger partial charge on any atom is -0.455 e. The second-order valence-corrected chi connectivity index (χ2v) is 5.32. The molecule has 22 heavy (non-hydrogen) atoms. The summed E-state index contributed by atoms with van der Waals surface area (Å²) in [5.74, 6) is -0.822. The number of aryl methyl sites for hydroxylation is 1. The molecule has 0 aromatic heterocycles. The molecule has 0 aliphatic rings. The molecule has 5 heteroatoms. The molecule has 2 rings (SSSR count). The highest BCUT2D eigenvalue weighted by Crippen LogP contribution is 2.13. The molecule has 0 heterocycles. The summed E-state index contributed by atoms with van der Waals surface area (Å²) in [4.78, 5) is 23.4. The number of carbonyl (C=O) groups is 2. The Kier molecular flexibility index (Phi) is 5.55. The molecule has 0 aliphatic carbocycles. The van der Waals surface area contributed by atoms with Crippen LogP contribution in [-0.2, 0) is 20.7 Å². The van der Waals surface area contributed by atoms with Crippen LogP contribution in [0.2, 0.25) is 5.02 Å². The number of rotatable bonds is 5. The summed E-state index contributed by atoms with van der Waals surface area (Å²) in [5, 5.41) is 3.21. The monoisotopic (exact) mass is 317 g/mol. The zero-order chi connectivity index (χ0) is 15.9. The minimum absolute atomic E-state index is 0.149. The third-order valence-corrected chi connectivity index (χ3v) is 3.18. The Balaban J connectivity index is 1.78. The Labute approximate surface area is 134 Å². The first-order valence-corrected chi connectivity index (χ1v) is 7.17. The lowest BCUT2D eigenvalue weighted by molar-refractivity contribution is -0.146. The fraction of sp³-hybridized carbons (Fsp3) is 0.176. The van der Waals surface area contributed by atoms with Crippen molar-refractivity contribution >= 4 is 29.2 Å². The third-order valence-electron chi connectivity index (χ3n) is 2.92. The normalized spacial score (nSPS) is 10.1. The molecule has 4 nitrogen and oxygen atoms in total. The highest BCUT2D eigenvalue weighted by atomic mass is 35.5. The van der Waals surface area contributed by atoms with Crippen LogP contribution in [0.15, 0.2) is 48.5 Å². The largest absolute Gasteiger partial charge is 0.455 e. The number of nitrogens with one attached hydrogen (secondary N) is 1. The second-order valence-electron chi connectivity index (χ2n) is 4.88. The van der Waals surface area contributed by atoms with E-state index in [1.165, 1.54) is 0 Å². The maximum atomic E-state index is 11.7. The van der Waals surface area contributed by atoms with Crippen LogP contribution in [0.4, 0.5) is 5.69 Å². The Morgan fingerprint density at radius 3 is 2.55 bits per heavy atom. The molecule has 0 unspecified atom stereocenters. The number of anilines is 1. The third kappa shape index (κ3) is 5.22. The molecule has 0 radical (unpaired) electrons. The molecule has 1 amide bonds. The first-order chi connectivity index (χ1) is 10.5. The quantitative estimate of drug-likeness (QED) is 0.860. The van der Waals surface area contributed by atoms with Gasteiger partial charge in [0.1, 0.15) is 0 Å². The maximum absolute atomic E-state index is 11.7. The van der Waals surface area contributed by atoms with Gasteiger partial charge in [0.2, 0.25) is 0 Å². The number of benzene rings is 2. The highest BCUT2D eigenvalue weighted by Gasteiger charge is 2.09.